The lowest BCUT2D eigenvalue weighted by Gasteiger charge is -2.33. The van der Waals surface area contributed by atoms with Gasteiger partial charge in [-0.25, -0.2) is 4.57 Å². The van der Waals surface area contributed by atoms with Crippen LogP contribution in [0.5, 0.6) is 5.75 Å². The van der Waals surface area contributed by atoms with Gasteiger partial charge in [0.15, 0.2) is 0 Å². The van der Waals surface area contributed by atoms with E-state index in [1.54, 1.807) is 12.0 Å². The first-order valence-corrected chi connectivity index (χ1v) is 12.1. The zero-order valence-corrected chi connectivity index (χ0v) is 19.2. The molecule has 1 aromatic carbocycles. The molecule has 1 aromatic rings. The number of phosphoric ester groups is 1. The summed E-state index contributed by atoms with van der Waals surface area (Å²) >= 11 is 0. The van der Waals surface area contributed by atoms with Gasteiger partial charge in [-0.15, -0.1) is 0 Å². The van der Waals surface area contributed by atoms with Crippen LogP contribution in [-0.2, 0) is 13.8 Å². The van der Waals surface area contributed by atoms with Crippen LogP contribution in [0.25, 0.3) is 5.57 Å². The largest absolute Gasteiger partial charge is 0.497 e. The molecule has 1 aliphatic heterocycles. The highest BCUT2D eigenvalue weighted by Gasteiger charge is 2.30. The average Bonchev–Trinajstić information content (AvgIpc) is 3.59. The lowest BCUT2D eigenvalue weighted by molar-refractivity contribution is 0.200. The van der Waals surface area contributed by atoms with Crippen LogP contribution in [0.15, 0.2) is 66.1 Å². The molecule has 2 aliphatic carbocycles. The molecule has 1 heterocycles. The van der Waals surface area contributed by atoms with Gasteiger partial charge in [0.25, 0.3) is 0 Å². The minimum Gasteiger partial charge on any atom is -0.497 e. The molecule has 170 valence electrons. The Morgan fingerprint density at radius 1 is 1.25 bits per heavy atom. The quantitative estimate of drug-likeness (QED) is 0.532. The molecule has 0 saturated heterocycles. The summed E-state index contributed by atoms with van der Waals surface area (Å²) in [6.07, 6.45) is 12.6. The Labute approximate surface area is 188 Å². The number of methoxy groups -OCH3 is 1. The van der Waals surface area contributed by atoms with Crippen LogP contribution in [-0.4, -0.2) is 30.2 Å². The molecular weight excluding hydrogens is 429 g/mol. The maximum atomic E-state index is 11.5. The summed E-state index contributed by atoms with van der Waals surface area (Å²) in [5.74, 6) is 1.96. The molecule has 0 aromatic heterocycles. The smallest absolute Gasteiger partial charge is 0.471 e. The molecular formula is C24H28NO6P. The maximum Gasteiger partial charge on any atom is 0.471 e. The van der Waals surface area contributed by atoms with Gasteiger partial charge in [-0.3, -0.25) is 4.52 Å². The molecule has 8 heteroatoms. The second-order valence-corrected chi connectivity index (χ2v) is 9.41. The Balaban J connectivity index is 1.77. The Morgan fingerprint density at radius 2 is 2.03 bits per heavy atom. The summed E-state index contributed by atoms with van der Waals surface area (Å²) in [7, 11) is -3.04. The monoisotopic (exact) mass is 457 g/mol. The number of phosphoric acid groups is 1. The zero-order chi connectivity index (χ0) is 22.9. The number of ether oxygens (including phenoxy) is 2. The normalized spacial score (nSPS) is 18.4. The van der Waals surface area contributed by atoms with Crippen LogP contribution in [0.4, 0.5) is 5.69 Å². The van der Waals surface area contributed by atoms with Crippen molar-refractivity contribution in [3.63, 3.8) is 0 Å². The van der Waals surface area contributed by atoms with E-state index < -0.39 is 7.82 Å². The first-order valence-electron chi connectivity index (χ1n) is 10.5. The third-order valence-electron chi connectivity index (χ3n) is 5.74. The SMILES string of the molecule is C=C1C(C2=CC=C(OC)C=CC2)=CN(COP(=O)(O)O)c2c(OCC3CC3)ccc(C)c21. The van der Waals surface area contributed by atoms with Gasteiger partial charge in [0.05, 0.1) is 19.4 Å². The predicted octanol–water partition coefficient (Wildman–Crippen LogP) is 4.98. The summed E-state index contributed by atoms with van der Waals surface area (Å²) < 4.78 is 27.8. The maximum absolute atomic E-state index is 11.5. The summed E-state index contributed by atoms with van der Waals surface area (Å²) in [5.41, 5.74) is 5.30. The van der Waals surface area contributed by atoms with Crippen LogP contribution < -0.4 is 9.64 Å². The predicted molar refractivity (Wildman–Crippen MR) is 124 cm³/mol. The minimum absolute atomic E-state index is 0.320. The van der Waals surface area contributed by atoms with Gasteiger partial charge in [-0.2, -0.15) is 0 Å². The highest BCUT2D eigenvalue weighted by Crippen LogP contribution is 2.48. The Morgan fingerprint density at radius 3 is 2.72 bits per heavy atom. The molecule has 0 unspecified atom stereocenters. The number of benzene rings is 1. The van der Waals surface area contributed by atoms with E-state index in [0.29, 0.717) is 30.4 Å². The number of fused-ring (bicyclic) bond motifs is 1. The van der Waals surface area contributed by atoms with E-state index in [0.717, 1.165) is 46.4 Å². The van der Waals surface area contributed by atoms with Gasteiger partial charge < -0.3 is 24.2 Å². The van der Waals surface area contributed by atoms with Crippen molar-refractivity contribution in [3.05, 3.63) is 77.2 Å². The number of hydrogen-bond acceptors (Lipinski definition) is 5. The Bertz CT molecular complexity index is 1090. The van der Waals surface area contributed by atoms with E-state index in [2.05, 4.69) is 6.58 Å². The first kappa shape index (κ1) is 22.6. The molecule has 1 fully saturated rings. The molecule has 0 atom stereocenters. The van der Waals surface area contributed by atoms with E-state index in [4.69, 9.17) is 14.0 Å². The molecule has 1 saturated carbocycles. The van der Waals surface area contributed by atoms with E-state index in [-0.39, 0.29) is 6.73 Å². The van der Waals surface area contributed by atoms with E-state index in [1.165, 1.54) is 0 Å². The van der Waals surface area contributed by atoms with Crippen molar-refractivity contribution in [2.45, 2.75) is 26.2 Å². The molecule has 0 bridgehead atoms. The third kappa shape index (κ3) is 5.08. The zero-order valence-electron chi connectivity index (χ0n) is 18.3. The molecule has 0 spiro atoms. The third-order valence-corrected chi connectivity index (χ3v) is 6.19. The van der Waals surface area contributed by atoms with Crippen molar-refractivity contribution >= 4 is 19.1 Å². The fourth-order valence-electron chi connectivity index (χ4n) is 3.84. The van der Waals surface area contributed by atoms with Crippen LogP contribution in [0, 0.1) is 12.8 Å². The number of rotatable bonds is 8. The van der Waals surface area contributed by atoms with Crippen molar-refractivity contribution in [2.75, 3.05) is 25.3 Å². The van der Waals surface area contributed by atoms with Crippen molar-refractivity contribution in [2.24, 2.45) is 5.92 Å². The van der Waals surface area contributed by atoms with Gasteiger partial charge in [-0.05, 0) is 67.0 Å². The van der Waals surface area contributed by atoms with Crippen LogP contribution in [0.2, 0.25) is 0 Å². The second kappa shape index (κ2) is 9.12. The van der Waals surface area contributed by atoms with Crippen LogP contribution in [0.1, 0.15) is 30.4 Å². The summed E-state index contributed by atoms with van der Waals surface area (Å²) in [5, 5.41) is 0. The number of hydrogen-bond donors (Lipinski definition) is 2. The topological polar surface area (TPSA) is 88.5 Å². The molecule has 0 radical (unpaired) electrons. The van der Waals surface area contributed by atoms with Crippen molar-refractivity contribution in [1.29, 1.82) is 0 Å². The van der Waals surface area contributed by atoms with Gasteiger partial charge in [0.2, 0.25) is 0 Å². The summed E-state index contributed by atoms with van der Waals surface area (Å²) in [6.45, 7) is 6.66. The van der Waals surface area contributed by atoms with E-state index in [1.807, 2.05) is 49.6 Å². The summed E-state index contributed by atoms with van der Waals surface area (Å²) in [6, 6.07) is 3.88. The van der Waals surface area contributed by atoms with Gasteiger partial charge >= 0.3 is 7.82 Å². The average molecular weight is 457 g/mol. The minimum atomic E-state index is -4.66. The van der Waals surface area contributed by atoms with E-state index >= 15 is 0 Å². The molecule has 0 amide bonds. The lowest BCUT2D eigenvalue weighted by Crippen LogP contribution is -2.26. The molecule has 4 rings (SSSR count). The highest BCUT2D eigenvalue weighted by atomic mass is 31.2. The van der Waals surface area contributed by atoms with Crippen molar-refractivity contribution in [3.8, 4) is 5.75 Å². The fraction of sp³-hybridized carbons (Fsp3) is 0.333. The summed E-state index contributed by atoms with van der Waals surface area (Å²) in [4.78, 5) is 20.3. The number of nitrogens with zero attached hydrogens (tertiary/aromatic N) is 1. The molecule has 3 aliphatic rings. The molecule has 32 heavy (non-hydrogen) atoms. The van der Waals surface area contributed by atoms with E-state index in [9.17, 15) is 14.4 Å². The number of anilines is 1. The van der Waals surface area contributed by atoms with Gasteiger partial charge in [-0.1, -0.05) is 24.8 Å². The van der Waals surface area contributed by atoms with Crippen LogP contribution in [0.3, 0.4) is 0 Å². The Hall–Kier alpha value is -2.57. The molecule has 7 nitrogen and oxygen atoms in total. The number of aryl methyl sites for hydroxylation is 1. The van der Waals surface area contributed by atoms with Crippen molar-refractivity contribution < 1.29 is 28.3 Å². The first-order chi connectivity index (χ1) is 15.3. The molecule has 2 N–H and O–H groups in total. The van der Waals surface area contributed by atoms with Gasteiger partial charge in [0.1, 0.15) is 18.2 Å². The fourth-order valence-corrected chi connectivity index (χ4v) is 4.12. The standard InChI is InChI=1S/C24H28NO6P/c1-16-7-12-22(30-14-18-8-9-18)24-23(16)17(2)21(13-25(24)15-31-32(26,27)28)19-5-4-6-20(29-3)11-10-19/h4,6-7,10-13,18H,2,5,8-9,14-15H2,1,3H3,(H2,26,27,28). The number of allylic oxidation sites excluding steroid dienone is 7. The van der Waals surface area contributed by atoms with Crippen LogP contribution >= 0.6 is 7.82 Å². The van der Waals surface area contributed by atoms with Crippen molar-refractivity contribution in [1.82, 2.24) is 0 Å². The van der Waals surface area contributed by atoms with Gasteiger partial charge in [0, 0.05) is 17.3 Å². The Kier molecular flexibility index (Phi) is 6.45. The second-order valence-electron chi connectivity index (χ2n) is 8.17. The lowest BCUT2D eigenvalue weighted by atomic mass is 9.86. The highest BCUT2D eigenvalue weighted by molar-refractivity contribution is 7.46.